The number of anilines is 1. The van der Waals surface area contributed by atoms with E-state index in [-0.39, 0.29) is 23.7 Å². The van der Waals surface area contributed by atoms with E-state index in [0.717, 1.165) is 0 Å². The molecule has 10 nitrogen and oxygen atoms in total. The van der Waals surface area contributed by atoms with E-state index in [1.54, 1.807) is 6.92 Å². The summed E-state index contributed by atoms with van der Waals surface area (Å²) in [4.78, 5) is 40.5. The topological polar surface area (TPSA) is 119 Å². The van der Waals surface area contributed by atoms with E-state index in [2.05, 4.69) is 30.4 Å². The molecule has 1 saturated heterocycles. The van der Waals surface area contributed by atoms with Gasteiger partial charge in [-0.3, -0.25) is 14.9 Å². The Morgan fingerprint density at radius 2 is 2.05 bits per heavy atom. The molecule has 1 fully saturated rings. The molecule has 2 amide bonds. The molecule has 3 rings (SSSR count). The van der Waals surface area contributed by atoms with Crippen LogP contribution in [0.1, 0.15) is 6.92 Å². The molecule has 0 aliphatic carbocycles. The summed E-state index contributed by atoms with van der Waals surface area (Å²) in [5.41, 5.74) is 0. The average Bonchev–Trinajstić information content (AvgIpc) is 2.96. The predicted molar refractivity (Wildman–Crippen MR) is 69.7 cm³/mol. The van der Waals surface area contributed by atoms with Gasteiger partial charge in [-0.2, -0.15) is 24.7 Å². The van der Waals surface area contributed by atoms with Gasteiger partial charge in [0.1, 0.15) is 25.2 Å². The number of imide groups is 1. The van der Waals surface area contributed by atoms with E-state index >= 15 is 0 Å². The van der Waals surface area contributed by atoms with Crippen molar-refractivity contribution in [1.29, 1.82) is 0 Å². The standard InChI is InChI=1S/C10H9ClN8O2/c1-5-7(21)14-6(20)2-18(5)9-15-8(11)16-10(17-9)19-4-12-3-13-19/h3-5H,2H2,1H3,(H,14,20,21). The lowest BCUT2D eigenvalue weighted by Gasteiger charge is -2.31. The number of nitrogens with one attached hydrogen (secondary N) is 1. The van der Waals surface area contributed by atoms with Gasteiger partial charge in [0.25, 0.3) is 5.95 Å². The molecule has 1 N–H and O–H groups in total. The number of halogens is 1. The second kappa shape index (κ2) is 5.05. The molecule has 2 aromatic heterocycles. The van der Waals surface area contributed by atoms with Crippen molar-refractivity contribution < 1.29 is 9.59 Å². The number of hydrogen-bond acceptors (Lipinski definition) is 8. The summed E-state index contributed by atoms with van der Waals surface area (Å²) in [5.74, 6) is -0.591. The lowest BCUT2D eigenvalue weighted by molar-refractivity contribution is -0.132. The van der Waals surface area contributed by atoms with Gasteiger partial charge in [-0.05, 0) is 18.5 Å². The molecule has 0 bridgehead atoms. The third-order valence-corrected chi connectivity index (χ3v) is 3.06. The summed E-state index contributed by atoms with van der Waals surface area (Å²) >= 11 is 5.87. The second-order valence-corrected chi connectivity index (χ2v) is 4.60. The van der Waals surface area contributed by atoms with E-state index in [0.29, 0.717) is 0 Å². The molecule has 1 aliphatic heterocycles. The largest absolute Gasteiger partial charge is 0.320 e. The van der Waals surface area contributed by atoms with Gasteiger partial charge >= 0.3 is 0 Å². The lowest BCUT2D eigenvalue weighted by atomic mass is 10.2. The number of carbonyl (C=O) groups excluding carboxylic acids is 2. The van der Waals surface area contributed by atoms with Crippen molar-refractivity contribution in [2.24, 2.45) is 0 Å². The number of carbonyl (C=O) groups is 2. The van der Waals surface area contributed by atoms with Crippen LogP contribution in [0.3, 0.4) is 0 Å². The molecular formula is C10H9ClN8O2. The van der Waals surface area contributed by atoms with Crippen LogP contribution in [0.25, 0.3) is 5.95 Å². The number of nitrogens with zero attached hydrogens (tertiary/aromatic N) is 7. The normalized spacial score (nSPS) is 18.8. The highest BCUT2D eigenvalue weighted by atomic mass is 35.5. The van der Waals surface area contributed by atoms with Gasteiger partial charge in [-0.1, -0.05) is 0 Å². The van der Waals surface area contributed by atoms with Gasteiger partial charge in [0.05, 0.1) is 0 Å². The molecule has 21 heavy (non-hydrogen) atoms. The highest BCUT2D eigenvalue weighted by Gasteiger charge is 2.32. The van der Waals surface area contributed by atoms with Crippen LogP contribution < -0.4 is 10.2 Å². The Labute approximate surface area is 123 Å². The van der Waals surface area contributed by atoms with Crippen LogP contribution >= 0.6 is 11.6 Å². The fourth-order valence-electron chi connectivity index (χ4n) is 1.83. The van der Waals surface area contributed by atoms with Crippen molar-refractivity contribution in [3.8, 4) is 5.95 Å². The number of hydrogen-bond donors (Lipinski definition) is 1. The van der Waals surface area contributed by atoms with E-state index < -0.39 is 17.9 Å². The average molecular weight is 309 g/mol. The molecule has 11 heteroatoms. The fourth-order valence-corrected chi connectivity index (χ4v) is 1.98. The summed E-state index contributed by atoms with van der Waals surface area (Å²) in [7, 11) is 0. The van der Waals surface area contributed by atoms with E-state index in [4.69, 9.17) is 11.6 Å². The van der Waals surface area contributed by atoms with E-state index in [1.165, 1.54) is 22.2 Å². The van der Waals surface area contributed by atoms with Crippen LogP contribution in [0.4, 0.5) is 5.95 Å². The SMILES string of the molecule is CC1C(=O)NC(=O)CN1c1nc(Cl)nc(-n2cncn2)n1. The molecule has 0 aromatic carbocycles. The van der Waals surface area contributed by atoms with Crippen molar-refractivity contribution in [2.45, 2.75) is 13.0 Å². The Morgan fingerprint density at radius 3 is 2.76 bits per heavy atom. The minimum absolute atomic E-state index is 0.0515. The fraction of sp³-hybridized carbons (Fsp3) is 0.300. The first kappa shape index (κ1) is 13.4. The Hall–Kier alpha value is -2.62. The second-order valence-electron chi connectivity index (χ2n) is 4.26. The van der Waals surface area contributed by atoms with Gasteiger partial charge in [0.15, 0.2) is 0 Å². The minimum atomic E-state index is -0.607. The third-order valence-electron chi connectivity index (χ3n) is 2.89. The minimum Gasteiger partial charge on any atom is -0.320 e. The molecule has 2 aromatic rings. The summed E-state index contributed by atoms with van der Waals surface area (Å²) < 4.78 is 1.30. The van der Waals surface area contributed by atoms with Crippen LogP contribution in [0.15, 0.2) is 12.7 Å². The van der Waals surface area contributed by atoms with Crippen molar-refractivity contribution in [3.63, 3.8) is 0 Å². The van der Waals surface area contributed by atoms with Gasteiger partial charge < -0.3 is 4.90 Å². The molecule has 3 heterocycles. The first-order valence-corrected chi connectivity index (χ1v) is 6.29. The molecule has 0 saturated carbocycles. The maximum atomic E-state index is 11.7. The van der Waals surface area contributed by atoms with Crippen LogP contribution in [-0.4, -0.2) is 54.1 Å². The number of piperazine rings is 1. The Kier molecular flexibility index (Phi) is 3.22. The molecule has 1 aliphatic rings. The molecule has 0 radical (unpaired) electrons. The smallest absolute Gasteiger partial charge is 0.258 e. The Balaban J connectivity index is 2.02. The molecular weight excluding hydrogens is 300 g/mol. The summed E-state index contributed by atoms with van der Waals surface area (Å²) in [5, 5.41) is 6.05. The van der Waals surface area contributed by atoms with Gasteiger partial charge in [-0.25, -0.2) is 4.98 Å². The molecule has 1 unspecified atom stereocenters. The quantitative estimate of drug-likeness (QED) is 0.699. The maximum absolute atomic E-state index is 11.7. The third kappa shape index (κ3) is 2.52. The van der Waals surface area contributed by atoms with Crippen molar-refractivity contribution >= 4 is 29.4 Å². The van der Waals surface area contributed by atoms with Gasteiger partial charge in [0.2, 0.25) is 23.0 Å². The monoisotopic (exact) mass is 308 g/mol. The first-order valence-electron chi connectivity index (χ1n) is 5.91. The van der Waals surface area contributed by atoms with Crippen LogP contribution in [0, 0.1) is 0 Å². The first-order chi connectivity index (χ1) is 10.0. The van der Waals surface area contributed by atoms with E-state index in [1.807, 2.05) is 0 Å². The number of amides is 2. The van der Waals surface area contributed by atoms with Crippen molar-refractivity contribution in [3.05, 3.63) is 17.9 Å². The van der Waals surface area contributed by atoms with Crippen LogP contribution in [0.2, 0.25) is 5.28 Å². The van der Waals surface area contributed by atoms with Crippen LogP contribution in [0.5, 0.6) is 0 Å². The summed E-state index contributed by atoms with van der Waals surface area (Å²) in [6.45, 7) is 1.58. The molecule has 1 atom stereocenters. The zero-order chi connectivity index (χ0) is 15.0. The number of rotatable bonds is 2. The van der Waals surface area contributed by atoms with Crippen LogP contribution in [-0.2, 0) is 9.59 Å². The zero-order valence-corrected chi connectivity index (χ0v) is 11.5. The Bertz CT molecular complexity index is 703. The highest BCUT2D eigenvalue weighted by molar-refractivity contribution is 6.28. The number of aromatic nitrogens is 6. The van der Waals surface area contributed by atoms with Gasteiger partial charge in [-0.15, -0.1) is 0 Å². The summed E-state index contributed by atoms with van der Waals surface area (Å²) in [6, 6.07) is -0.607. The van der Waals surface area contributed by atoms with Gasteiger partial charge in [0, 0.05) is 0 Å². The Morgan fingerprint density at radius 1 is 1.29 bits per heavy atom. The molecule has 108 valence electrons. The highest BCUT2D eigenvalue weighted by Crippen LogP contribution is 2.17. The van der Waals surface area contributed by atoms with Crippen molar-refractivity contribution in [1.82, 2.24) is 35.0 Å². The zero-order valence-electron chi connectivity index (χ0n) is 10.8. The lowest BCUT2D eigenvalue weighted by Crippen LogP contribution is -2.57. The van der Waals surface area contributed by atoms with E-state index in [9.17, 15) is 9.59 Å². The maximum Gasteiger partial charge on any atom is 0.258 e. The van der Waals surface area contributed by atoms with Crippen molar-refractivity contribution in [2.75, 3.05) is 11.4 Å². The summed E-state index contributed by atoms with van der Waals surface area (Å²) in [6.07, 6.45) is 2.71. The predicted octanol–water partition coefficient (Wildman–Crippen LogP) is -1.04. The molecule has 0 spiro atoms.